The molecule has 0 spiro atoms. The molecule has 31 heavy (non-hydrogen) atoms. The standard InChI is InChI=1S/C20H22BN5O5/c22-18(27)15-2-1-8-23-20(15)31-14-5-3-13(4-6-14)25-19(28)16-11-24-17-10-12(21(29)30)7-9-26(16)17/h1-2,7-11,13-14,29-30H,3-6H2,(H2,22,27)(H,25,28). The van der Waals surface area contributed by atoms with Gasteiger partial charge in [-0.25, -0.2) is 9.97 Å². The summed E-state index contributed by atoms with van der Waals surface area (Å²) in [4.78, 5) is 32.5. The lowest BCUT2D eigenvalue weighted by Crippen LogP contribution is -2.40. The van der Waals surface area contributed by atoms with Gasteiger partial charge in [-0.2, -0.15) is 0 Å². The number of nitrogens with two attached hydrogens (primary N) is 1. The zero-order chi connectivity index (χ0) is 22.0. The first kappa shape index (κ1) is 20.8. The summed E-state index contributed by atoms with van der Waals surface area (Å²) in [6.45, 7) is 0. The summed E-state index contributed by atoms with van der Waals surface area (Å²) in [5.41, 5.74) is 6.74. The van der Waals surface area contributed by atoms with E-state index in [1.54, 1.807) is 28.9 Å². The summed E-state index contributed by atoms with van der Waals surface area (Å²) >= 11 is 0. The molecule has 0 unspecified atom stereocenters. The van der Waals surface area contributed by atoms with E-state index in [-0.39, 0.29) is 29.5 Å². The number of nitrogens with one attached hydrogen (secondary N) is 1. The van der Waals surface area contributed by atoms with E-state index in [0.717, 1.165) is 0 Å². The second kappa shape index (κ2) is 8.74. The molecule has 0 aliphatic heterocycles. The van der Waals surface area contributed by atoms with Crippen molar-refractivity contribution >= 4 is 30.0 Å². The number of imidazole rings is 1. The Bertz CT molecular complexity index is 1110. The second-order valence-corrected chi connectivity index (χ2v) is 7.49. The number of fused-ring (bicyclic) bond motifs is 1. The molecule has 0 atom stereocenters. The van der Waals surface area contributed by atoms with E-state index in [1.165, 1.54) is 18.3 Å². The highest BCUT2D eigenvalue weighted by atomic mass is 16.5. The van der Waals surface area contributed by atoms with Crippen LogP contribution in [0.2, 0.25) is 0 Å². The highest BCUT2D eigenvalue weighted by Crippen LogP contribution is 2.25. The van der Waals surface area contributed by atoms with E-state index in [9.17, 15) is 19.6 Å². The van der Waals surface area contributed by atoms with Gasteiger partial charge in [-0.1, -0.05) is 0 Å². The van der Waals surface area contributed by atoms with Crippen molar-refractivity contribution in [3.8, 4) is 5.88 Å². The normalized spacial score (nSPS) is 18.5. The molecule has 0 saturated heterocycles. The Morgan fingerprint density at radius 3 is 2.68 bits per heavy atom. The molecule has 2 amide bonds. The summed E-state index contributed by atoms with van der Waals surface area (Å²) in [6.07, 6.45) is 7.31. The zero-order valence-electron chi connectivity index (χ0n) is 16.6. The lowest BCUT2D eigenvalue weighted by Gasteiger charge is -2.29. The van der Waals surface area contributed by atoms with Gasteiger partial charge in [0.1, 0.15) is 23.0 Å². The molecule has 3 aromatic rings. The molecule has 3 heterocycles. The number of pyridine rings is 2. The average molecular weight is 423 g/mol. The number of carbonyl (C=O) groups is 2. The van der Waals surface area contributed by atoms with Crippen LogP contribution in [0.4, 0.5) is 0 Å². The Balaban J connectivity index is 1.36. The first-order chi connectivity index (χ1) is 14.9. The molecule has 5 N–H and O–H groups in total. The SMILES string of the molecule is NC(=O)c1cccnc1OC1CCC(NC(=O)c2cnc3cc(B(O)O)ccn23)CC1. The summed E-state index contributed by atoms with van der Waals surface area (Å²) in [6, 6.07) is 6.23. The molecule has 0 bridgehead atoms. The number of ether oxygens (including phenoxy) is 1. The van der Waals surface area contributed by atoms with Crippen LogP contribution in [0.5, 0.6) is 5.88 Å². The number of rotatable bonds is 6. The van der Waals surface area contributed by atoms with Crippen molar-refractivity contribution in [3.63, 3.8) is 0 Å². The number of amides is 2. The Kier molecular flexibility index (Phi) is 5.87. The van der Waals surface area contributed by atoms with Crippen LogP contribution in [0.1, 0.15) is 46.5 Å². The number of aromatic nitrogens is 3. The molecule has 1 saturated carbocycles. The lowest BCUT2D eigenvalue weighted by atomic mass is 9.81. The third-order valence-corrected chi connectivity index (χ3v) is 5.39. The van der Waals surface area contributed by atoms with Gasteiger partial charge in [0.25, 0.3) is 11.8 Å². The number of hydrogen-bond acceptors (Lipinski definition) is 7. The monoisotopic (exact) mass is 423 g/mol. The van der Waals surface area contributed by atoms with Crippen molar-refractivity contribution in [1.82, 2.24) is 19.7 Å². The summed E-state index contributed by atoms with van der Waals surface area (Å²) in [5.74, 6) is -0.604. The highest BCUT2D eigenvalue weighted by molar-refractivity contribution is 6.58. The maximum atomic E-state index is 12.7. The maximum Gasteiger partial charge on any atom is 0.488 e. The minimum atomic E-state index is -1.60. The van der Waals surface area contributed by atoms with Gasteiger partial charge in [0.15, 0.2) is 0 Å². The summed E-state index contributed by atoms with van der Waals surface area (Å²) in [5, 5.41) is 21.6. The molecule has 1 aliphatic carbocycles. The molecule has 4 rings (SSSR count). The van der Waals surface area contributed by atoms with Gasteiger partial charge >= 0.3 is 7.12 Å². The molecule has 160 valence electrons. The molecule has 1 fully saturated rings. The minimum absolute atomic E-state index is 0.0178. The Morgan fingerprint density at radius 2 is 1.97 bits per heavy atom. The summed E-state index contributed by atoms with van der Waals surface area (Å²) in [7, 11) is -1.60. The number of hydrogen-bond donors (Lipinski definition) is 4. The molecule has 0 aromatic carbocycles. The van der Waals surface area contributed by atoms with Crippen molar-refractivity contribution in [2.75, 3.05) is 0 Å². The van der Waals surface area contributed by atoms with Gasteiger partial charge in [0.2, 0.25) is 5.88 Å². The Labute approximate surface area is 178 Å². The maximum absolute atomic E-state index is 12.7. The fraction of sp³-hybridized carbons (Fsp3) is 0.300. The predicted molar refractivity (Wildman–Crippen MR) is 112 cm³/mol. The van der Waals surface area contributed by atoms with E-state index >= 15 is 0 Å². The number of nitrogens with zero attached hydrogens (tertiary/aromatic N) is 3. The largest absolute Gasteiger partial charge is 0.488 e. The Morgan fingerprint density at radius 1 is 1.19 bits per heavy atom. The van der Waals surface area contributed by atoms with E-state index in [0.29, 0.717) is 42.5 Å². The van der Waals surface area contributed by atoms with Gasteiger partial charge in [0, 0.05) is 18.4 Å². The molecule has 11 heteroatoms. The first-order valence-electron chi connectivity index (χ1n) is 9.98. The van der Waals surface area contributed by atoms with E-state index in [2.05, 4.69) is 15.3 Å². The quantitative estimate of drug-likeness (QED) is 0.395. The number of primary amides is 1. The zero-order valence-corrected chi connectivity index (χ0v) is 16.6. The van der Waals surface area contributed by atoms with Crippen LogP contribution in [0.3, 0.4) is 0 Å². The van der Waals surface area contributed by atoms with E-state index in [1.807, 2.05) is 0 Å². The van der Waals surface area contributed by atoms with Gasteiger partial charge < -0.3 is 25.8 Å². The highest BCUT2D eigenvalue weighted by Gasteiger charge is 2.26. The molecule has 3 aromatic heterocycles. The van der Waals surface area contributed by atoms with Crippen LogP contribution >= 0.6 is 0 Å². The smallest absolute Gasteiger partial charge is 0.474 e. The molecule has 1 aliphatic rings. The van der Waals surface area contributed by atoms with Crippen LogP contribution < -0.4 is 21.3 Å². The minimum Gasteiger partial charge on any atom is -0.474 e. The first-order valence-corrected chi connectivity index (χ1v) is 9.98. The van der Waals surface area contributed by atoms with Crippen molar-refractivity contribution in [3.05, 3.63) is 54.1 Å². The van der Waals surface area contributed by atoms with Gasteiger partial charge in [-0.3, -0.25) is 14.0 Å². The van der Waals surface area contributed by atoms with E-state index in [4.69, 9.17) is 10.5 Å². The molecular formula is C20H22BN5O5. The van der Waals surface area contributed by atoms with Crippen molar-refractivity contribution in [1.29, 1.82) is 0 Å². The second-order valence-electron chi connectivity index (χ2n) is 7.49. The van der Waals surface area contributed by atoms with Crippen LogP contribution in [0.15, 0.2) is 42.9 Å². The van der Waals surface area contributed by atoms with Crippen LogP contribution in [0.25, 0.3) is 5.65 Å². The molecule has 0 radical (unpaired) electrons. The van der Waals surface area contributed by atoms with Crippen molar-refractivity contribution in [2.45, 2.75) is 37.8 Å². The topological polar surface area (TPSA) is 152 Å². The number of carbonyl (C=O) groups excluding carboxylic acids is 2. The lowest BCUT2D eigenvalue weighted by molar-refractivity contribution is 0.0876. The molecule has 10 nitrogen and oxygen atoms in total. The van der Waals surface area contributed by atoms with Gasteiger partial charge in [0.05, 0.1) is 6.20 Å². The summed E-state index contributed by atoms with van der Waals surface area (Å²) < 4.78 is 7.48. The van der Waals surface area contributed by atoms with Crippen LogP contribution in [-0.4, -0.2) is 55.5 Å². The third-order valence-electron chi connectivity index (χ3n) is 5.39. The van der Waals surface area contributed by atoms with Crippen molar-refractivity contribution in [2.24, 2.45) is 5.73 Å². The fourth-order valence-electron chi connectivity index (χ4n) is 3.74. The van der Waals surface area contributed by atoms with Gasteiger partial charge in [-0.05, 0) is 55.4 Å². The third kappa shape index (κ3) is 4.52. The fourth-order valence-corrected chi connectivity index (χ4v) is 3.74. The molecular weight excluding hydrogens is 401 g/mol. The van der Waals surface area contributed by atoms with Gasteiger partial charge in [-0.15, -0.1) is 0 Å². The predicted octanol–water partition coefficient (Wildman–Crippen LogP) is -0.372. The average Bonchev–Trinajstić information content (AvgIpc) is 3.19. The Hall–Kier alpha value is -3.44. The van der Waals surface area contributed by atoms with Crippen molar-refractivity contribution < 1.29 is 24.4 Å². The van der Waals surface area contributed by atoms with E-state index < -0.39 is 13.0 Å². The van der Waals surface area contributed by atoms with Crippen LogP contribution in [0, 0.1) is 0 Å². The van der Waals surface area contributed by atoms with Crippen LogP contribution in [-0.2, 0) is 0 Å².